The predicted octanol–water partition coefficient (Wildman–Crippen LogP) is 3.78. The van der Waals surface area contributed by atoms with Gasteiger partial charge in [0.05, 0.1) is 6.04 Å². The zero-order chi connectivity index (χ0) is 24.7. The molecule has 0 heterocycles. The summed E-state index contributed by atoms with van der Waals surface area (Å²) in [5, 5.41) is 12.1. The van der Waals surface area contributed by atoms with Crippen LogP contribution in [0.3, 0.4) is 0 Å². The minimum atomic E-state index is -0.574. The first-order valence-corrected chi connectivity index (χ1v) is 12.9. The first kappa shape index (κ1) is 29.2. The zero-order valence-electron chi connectivity index (χ0n) is 21.6. The molecule has 192 valence electrons. The number of hydrogen-bond acceptors (Lipinski definition) is 5. The topological polar surface area (TPSA) is 109 Å². The summed E-state index contributed by atoms with van der Waals surface area (Å²) in [6, 6.07) is -0.743. The van der Waals surface area contributed by atoms with E-state index in [1.165, 1.54) is 19.3 Å². The molecule has 33 heavy (non-hydrogen) atoms. The highest BCUT2D eigenvalue weighted by molar-refractivity contribution is 5.89. The zero-order valence-corrected chi connectivity index (χ0v) is 21.6. The van der Waals surface area contributed by atoms with Crippen LogP contribution in [0.4, 0.5) is 4.79 Å². The van der Waals surface area contributed by atoms with Gasteiger partial charge in [0.25, 0.3) is 0 Å². The molecular weight excluding hydrogens is 420 g/mol. The Bertz CT molecular complexity index is 583. The molecule has 0 aromatic rings. The van der Waals surface area contributed by atoms with Crippen LogP contribution in [0, 0.1) is 0 Å². The summed E-state index contributed by atoms with van der Waals surface area (Å²) < 4.78 is 5.24. The van der Waals surface area contributed by atoms with Gasteiger partial charge < -0.3 is 26.0 Å². The van der Waals surface area contributed by atoms with Crippen molar-refractivity contribution in [3.8, 4) is 0 Å². The Labute approximate surface area is 200 Å². The van der Waals surface area contributed by atoms with Crippen LogP contribution < -0.4 is 21.3 Å². The van der Waals surface area contributed by atoms with E-state index in [4.69, 9.17) is 4.74 Å². The van der Waals surface area contributed by atoms with Crippen LogP contribution in [0.2, 0.25) is 0 Å². The Hall–Kier alpha value is -1.83. The van der Waals surface area contributed by atoms with Crippen LogP contribution >= 0.6 is 0 Å². The fourth-order valence-corrected chi connectivity index (χ4v) is 3.90. The van der Waals surface area contributed by atoms with Crippen LogP contribution in [0.25, 0.3) is 0 Å². The molecule has 0 unspecified atom stereocenters. The Morgan fingerprint density at radius 3 is 2.18 bits per heavy atom. The molecule has 0 saturated heterocycles. The maximum Gasteiger partial charge on any atom is 0.407 e. The predicted molar refractivity (Wildman–Crippen MR) is 132 cm³/mol. The van der Waals surface area contributed by atoms with E-state index in [0.717, 1.165) is 38.6 Å². The lowest BCUT2D eigenvalue weighted by Crippen LogP contribution is -2.53. The van der Waals surface area contributed by atoms with Gasteiger partial charge in [-0.3, -0.25) is 9.59 Å². The number of alkyl carbamates (subject to hydrolysis) is 1. The van der Waals surface area contributed by atoms with Gasteiger partial charge in [0.2, 0.25) is 11.8 Å². The first-order chi connectivity index (χ1) is 15.6. The number of carbonyl (C=O) groups excluding carboxylic acids is 3. The monoisotopic (exact) mass is 468 g/mol. The summed E-state index contributed by atoms with van der Waals surface area (Å²) in [6.07, 6.45) is 10.4. The molecule has 1 fully saturated rings. The molecule has 4 N–H and O–H groups in total. The number of unbranched alkanes of at least 4 members (excludes halogenated alkanes) is 1. The van der Waals surface area contributed by atoms with Gasteiger partial charge in [-0.15, -0.1) is 0 Å². The van der Waals surface area contributed by atoms with Crippen molar-refractivity contribution in [1.29, 1.82) is 0 Å². The van der Waals surface area contributed by atoms with Crippen LogP contribution in [0.5, 0.6) is 0 Å². The Balaban J connectivity index is 2.58. The summed E-state index contributed by atoms with van der Waals surface area (Å²) >= 11 is 0. The van der Waals surface area contributed by atoms with Gasteiger partial charge in [0, 0.05) is 12.6 Å². The van der Waals surface area contributed by atoms with Crippen molar-refractivity contribution in [2.75, 3.05) is 13.1 Å². The van der Waals surface area contributed by atoms with Gasteiger partial charge in [-0.2, -0.15) is 0 Å². The van der Waals surface area contributed by atoms with Crippen molar-refractivity contribution in [2.45, 2.75) is 129 Å². The summed E-state index contributed by atoms with van der Waals surface area (Å²) in [5.74, 6) is -0.259. The molecule has 1 aliphatic carbocycles. The second-order valence-corrected chi connectivity index (χ2v) is 10.2. The fraction of sp³-hybridized carbons (Fsp3) is 0.880. The maximum absolute atomic E-state index is 13.1. The Kier molecular flexibility index (Phi) is 14.1. The molecule has 0 bridgehead atoms. The smallest absolute Gasteiger partial charge is 0.407 e. The van der Waals surface area contributed by atoms with E-state index in [2.05, 4.69) is 21.3 Å². The third kappa shape index (κ3) is 14.1. The van der Waals surface area contributed by atoms with Crippen molar-refractivity contribution in [3.63, 3.8) is 0 Å². The minimum Gasteiger partial charge on any atom is -0.444 e. The average Bonchev–Trinajstić information content (AvgIpc) is 2.71. The van der Waals surface area contributed by atoms with Gasteiger partial charge in [-0.05, 0) is 72.8 Å². The number of nitrogens with one attached hydrogen (secondary N) is 4. The number of ether oxygens (including phenoxy) is 1. The van der Waals surface area contributed by atoms with Gasteiger partial charge in [-0.1, -0.05) is 39.0 Å². The molecule has 0 radical (unpaired) electrons. The highest BCUT2D eigenvalue weighted by atomic mass is 16.6. The fourth-order valence-electron chi connectivity index (χ4n) is 3.90. The van der Waals surface area contributed by atoms with Crippen LogP contribution in [0.1, 0.15) is 105 Å². The minimum absolute atomic E-state index is 0.100. The highest BCUT2D eigenvalue weighted by Gasteiger charge is 2.25. The quantitative estimate of drug-likeness (QED) is 0.326. The molecular formula is C25H48N4O4. The normalized spacial score (nSPS) is 17.2. The van der Waals surface area contributed by atoms with Crippen molar-refractivity contribution in [3.05, 3.63) is 0 Å². The summed E-state index contributed by atoms with van der Waals surface area (Å²) in [5.41, 5.74) is -0.531. The van der Waals surface area contributed by atoms with E-state index in [1.54, 1.807) is 0 Å². The molecule has 8 heteroatoms. The van der Waals surface area contributed by atoms with Gasteiger partial charge in [-0.25, -0.2) is 4.79 Å². The first-order valence-electron chi connectivity index (χ1n) is 12.9. The third-order valence-electron chi connectivity index (χ3n) is 5.77. The lowest BCUT2D eigenvalue weighted by atomic mass is 9.96. The second-order valence-electron chi connectivity index (χ2n) is 10.2. The largest absolute Gasteiger partial charge is 0.444 e. The molecule has 1 saturated carbocycles. The summed E-state index contributed by atoms with van der Waals surface area (Å²) in [4.78, 5) is 37.5. The molecule has 0 aliphatic heterocycles. The molecule has 2 atom stereocenters. The molecule has 1 aliphatic rings. The Morgan fingerprint density at radius 2 is 1.58 bits per heavy atom. The standard InChI is InChI=1S/C25H48N4O4/c1-6-17-26-19(2)22(30)29-21(16-12-13-18-27-24(32)33-25(3,4)5)23(31)28-20-14-10-8-7-9-11-15-20/h19-21,26H,6-18H2,1-5H3,(H,27,32)(H,28,31)(H,29,30)/t19-,21+/m0/s1. The van der Waals surface area contributed by atoms with E-state index in [1.807, 2.05) is 34.6 Å². The van der Waals surface area contributed by atoms with Crippen LogP contribution in [-0.2, 0) is 14.3 Å². The van der Waals surface area contributed by atoms with E-state index >= 15 is 0 Å². The van der Waals surface area contributed by atoms with Gasteiger partial charge in [0.1, 0.15) is 11.6 Å². The Morgan fingerprint density at radius 1 is 0.939 bits per heavy atom. The SMILES string of the molecule is CCCN[C@@H](C)C(=O)N[C@H](CCCCNC(=O)OC(C)(C)C)C(=O)NC1CCCCCCC1. The van der Waals surface area contributed by atoms with E-state index < -0.39 is 17.7 Å². The van der Waals surface area contributed by atoms with Crippen molar-refractivity contribution < 1.29 is 19.1 Å². The summed E-state index contributed by atoms with van der Waals surface area (Å²) in [7, 11) is 0. The van der Waals surface area contributed by atoms with E-state index in [-0.39, 0.29) is 23.9 Å². The van der Waals surface area contributed by atoms with Crippen molar-refractivity contribution >= 4 is 17.9 Å². The van der Waals surface area contributed by atoms with Crippen molar-refractivity contribution in [1.82, 2.24) is 21.3 Å². The average molecular weight is 469 g/mol. The molecule has 3 amide bonds. The third-order valence-corrected chi connectivity index (χ3v) is 5.77. The molecule has 0 aromatic carbocycles. The number of hydrogen-bond donors (Lipinski definition) is 4. The lowest BCUT2D eigenvalue weighted by Gasteiger charge is -2.26. The number of carbonyl (C=O) groups is 3. The van der Waals surface area contributed by atoms with Gasteiger partial charge >= 0.3 is 6.09 Å². The van der Waals surface area contributed by atoms with E-state index in [0.29, 0.717) is 25.8 Å². The molecule has 8 nitrogen and oxygen atoms in total. The maximum atomic E-state index is 13.1. The molecule has 0 aromatic heterocycles. The molecule has 0 spiro atoms. The van der Waals surface area contributed by atoms with Gasteiger partial charge in [0.15, 0.2) is 0 Å². The van der Waals surface area contributed by atoms with Crippen LogP contribution in [0.15, 0.2) is 0 Å². The number of rotatable bonds is 12. The highest BCUT2D eigenvalue weighted by Crippen LogP contribution is 2.17. The van der Waals surface area contributed by atoms with E-state index in [9.17, 15) is 14.4 Å². The number of amides is 3. The lowest BCUT2D eigenvalue weighted by molar-refractivity contribution is -0.130. The van der Waals surface area contributed by atoms with Crippen molar-refractivity contribution in [2.24, 2.45) is 0 Å². The second kappa shape index (κ2) is 15.9. The summed E-state index contributed by atoms with van der Waals surface area (Å²) in [6.45, 7) is 10.6. The molecule has 1 rings (SSSR count). The van der Waals surface area contributed by atoms with Crippen LogP contribution in [-0.4, -0.2) is 54.7 Å².